The molecule has 0 aliphatic carbocycles. The largest absolute Gasteiger partial charge is 0.497 e. The predicted molar refractivity (Wildman–Crippen MR) is 123 cm³/mol. The maximum absolute atomic E-state index is 13.2. The van der Waals surface area contributed by atoms with Crippen LogP contribution in [0.4, 0.5) is 5.69 Å². The van der Waals surface area contributed by atoms with E-state index in [9.17, 15) is 13.2 Å². The first-order chi connectivity index (χ1) is 14.6. The van der Waals surface area contributed by atoms with Gasteiger partial charge in [0.25, 0.3) is 0 Å². The van der Waals surface area contributed by atoms with Crippen LogP contribution in [0.3, 0.4) is 0 Å². The quantitative estimate of drug-likeness (QED) is 0.598. The molecular formula is C23H32N2O5S. The van der Waals surface area contributed by atoms with Gasteiger partial charge >= 0.3 is 0 Å². The van der Waals surface area contributed by atoms with Gasteiger partial charge in [-0.15, -0.1) is 0 Å². The highest BCUT2D eigenvalue weighted by Gasteiger charge is 2.31. The first-order valence-electron chi connectivity index (χ1n) is 10.1. The minimum atomic E-state index is -3.72. The minimum absolute atomic E-state index is 0.257. The molecule has 2 aromatic rings. The number of benzene rings is 2. The Bertz CT molecular complexity index is 974. The molecule has 1 N–H and O–H groups in total. The molecule has 0 aliphatic rings. The monoisotopic (exact) mass is 448 g/mol. The molecule has 0 radical (unpaired) electrons. The van der Waals surface area contributed by atoms with E-state index in [-0.39, 0.29) is 11.9 Å². The Morgan fingerprint density at radius 2 is 1.61 bits per heavy atom. The number of anilines is 1. The molecule has 1 amide bonds. The van der Waals surface area contributed by atoms with E-state index in [1.807, 2.05) is 24.3 Å². The fraction of sp³-hybridized carbons (Fsp3) is 0.435. The number of hydrogen-bond donors (Lipinski definition) is 1. The lowest BCUT2D eigenvalue weighted by atomic mass is 9.96. The summed E-state index contributed by atoms with van der Waals surface area (Å²) in [7, 11) is -0.614. The zero-order chi connectivity index (χ0) is 23.2. The maximum atomic E-state index is 13.2. The SMILES string of the molecule is COc1ccc([C@@H](CC(C)C)NC(=O)[C@@H](C)N(c2cccc(OC)c2)S(C)(=O)=O)cc1. The molecule has 0 aliphatic heterocycles. The van der Waals surface area contributed by atoms with E-state index in [1.54, 1.807) is 38.3 Å². The van der Waals surface area contributed by atoms with Crippen LogP contribution in [0.15, 0.2) is 48.5 Å². The van der Waals surface area contributed by atoms with Crippen molar-refractivity contribution in [1.82, 2.24) is 5.32 Å². The summed E-state index contributed by atoms with van der Waals surface area (Å²) >= 11 is 0. The fourth-order valence-electron chi connectivity index (χ4n) is 3.43. The molecule has 0 saturated carbocycles. The number of nitrogens with one attached hydrogen (secondary N) is 1. The molecule has 2 aromatic carbocycles. The van der Waals surface area contributed by atoms with Crippen LogP contribution in [0.2, 0.25) is 0 Å². The summed E-state index contributed by atoms with van der Waals surface area (Å²) in [5.74, 6) is 1.18. The zero-order valence-corrected chi connectivity index (χ0v) is 19.8. The van der Waals surface area contributed by atoms with Crippen molar-refractivity contribution in [3.63, 3.8) is 0 Å². The lowest BCUT2D eigenvalue weighted by Crippen LogP contribution is -2.48. The molecule has 0 fully saturated rings. The number of sulfonamides is 1. The molecule has 0 aromatic heterocycles. The van der Waals surface area contributed by atoms with Gasteiger partial charge in [0, 0.05) is 6.07 Å². The summed E-state index contributed by atoms with van der Waals surface area (Å²) in [6, 6.07) is 13.0. The summed E-state index contributed by atoms with van der Waals surface area (Å²) in [6.45, 7) is 5.73. The number of rotatable bonds is 10. The summed E-state index contributed by atoms with van der Waals surface area (Å²) in [5.41, 5.74) is 1.30. The molecule has 8 heteroatoms. The van der Waals surface area contributed by atoms with Gasteiger partial charge in [0.05, 0.1) is 32.2 Å². The number of hydrogen-bond acceptors (Lipinski definition) is 5. The number of amides is 1. The van der Waals surface area contributed by atoms with Crippen LogP contribution in [-0.2, 0) is 14.8 Å². The van der Waals surface area contributed by atoms with E-state index in [4.69, 9.17) is 9.47 Å². The molecule has 170 valence electrons. The van der Waals surface area contributed by atoms with E-state index in [1.165, 1.54) is 7.11 Å². The molecule has 2 atom stereocenters. The van der Waals surface area contributed by atoms with Crippen molar-refractivity contribution in [2.75, 3.05) is 24.8 Å². The molecule has 0 saturated heterocycles. The number of carbonyl (C=O) groups excluding carboxylic acids is 1. The van der Waals surface area contributed by atoms with Crippen molar-refractivity contribution in [1.29, 1.82) is 0 Å². The van der Waals surface area contributed by atoms with Crippen molar-refractivity contribution < 1.29 is 22.7 Å². The van der Waals surface area contributed by atoms with Crippen molar-refractivity contribution in [3.05, 3.63) is 54.1 Å². The summed E-state index contributed by atoms with van der Waals surface area (Å²) in [4.78, 5) is 13.2. The second-order valence-corrected chi connectivity index (χ2v) is 9.76. The second-order valence-electron chi connectivity index (χ2n) is 7.90. The Kier molecular flexibility index (Phi) is 8.33. The Hall–Kier alpha value is -2.74. The van der Waals surface area contributed by atoms with Gasteiger partial charge in [0.15, 0.2) is 0 Å². The van der Waals surface area contributed by atoms with Crippen LogP contribution in [0, 0.1) is 5.92 Å². The molecular weight excluding hydrogens is 416 g/mol. The van der Waals surface area contributed by atoms with E-state index in [2.05, 4.69) is 19.2 Å². The summed E-state index contributed by atoms with van der Waals surface area (Å²) < 4.78 is 36.7. The molecule has 2 rings (SSSR count). The number of carbonyl (C=O) groups is 1. The third kappa shape index (κ3) is 6.62. The van der Waals surface area contributed by atoms with Crippen LogP contribution in [0.1, 0.15) is 38.8 Å². The van der Waals surface area contributed by atoms with Gasteiger partial charge in [-0.1, -0.05) is 32.0 Å². The fourth-order valence-corrected chi connectivity index (χ4v) is 4.60. The lowest BCUT2D eigenvalue weighted by molar-refractivity contribution is -0.122. The van der Waals surface area contributed by atoms with Crippen molar-refractivity contribution in [3.8, 4) is 11.5 Å². The maximum Gasteiger partial charge on any atom is 0.244 e. The first-order valence-corrected chi connectivity index (χ1v) is 12.0. The third-order valence-corrected chi connectivity index (χ3v) is 6.18. The van der Waals surface area contributed by atoms with E-state index < -0.39 is 16.1 Å². The van der Waals surface area contributed by atoms with Crippen molar-refractivity contribution >= 4 is 21.6 Å². The van der Waals surface area contributed by atoms with Gasteiger partial charge in [-0.25, -0.2) is 8.42 Å². The van der Waals surface area contributed by atoms with Gasteiger partial charge < -0.3 is 14.8 Å². The van der Waals surface area contributed by atoms with Crippen LogP contribution in [0.5, 0.6) is 11.5 Å². The number of ether oxygens (including phenoxy) is 2. The topological polar surface area (TPSA) is 84.9 Å². The Labute approximate surface area is 185 Å². The van der Waals surface area contributed by atoms with Crippen molar-refractivity contribution in [2.45, 2.75) is 39.3 Å². The normalized spacial score (nSPS) is 13.4. The van der Waals surface area contributed by atoms with Crippen LogP contribution in [-0.4, -0.2) is 40.8 Å². The number of nitrogens with zero attached hydrogens (tertiary/aromatic N) is 1. The van der Waals surface area contributed by atoms with Crippen LogP contribution >= 0.6 is 0 Å². The van der Waals surface area contributed by atoms with E-state index >= 15 is 0 Å². The Morgan fingerprint density at radius 3 is 2.13 bits per heavy atom. The molecule has 0 unspecified atom stereocenters. The van der Waals surface area contributed by atoms with E-state index in [0.717, 1.165) is 21.9 Å². The standard InChI is InChI=1S/C23H32N2O5S/c1-16(2)14-22(18-10-12-20(29-4)13-11-18)24-23(26)17(3)25(31(6,27)28)19-8-7-9-21(15-19)30-5/h7-13,15-17,22H,14H2,1-6H3,(H,24,26)/t17-,22-/m1/s1. The summed E-state index contributed by atoms with van der Waals surface area (Å²) in [5, 5.41) is 3.04. The van der Waals surface area contributed by atoms with Crippen molar-refractivity contribution in [2.24, 2.45) is 5.92 Å². The average Bonchev–Trinajstić information content (AvgIpc) is 2.72. The Balaban J connectivity index is 2.32. The third-order valence-electron chi connectivity index (χ3n) is 4.94. The molecule has 7 nitrogen and oxygen atoms in total. The van der Waals surface area contributed by atoms with E-state index in [0.29, 0.717) is 23.8 Å². The van der Waals surface area contributed by atoms with Gasteiger partial charge in [0.2, 0.25) is 15.9 Å². The van der Waals surface area contributed by atoms with Crippen LogP contribution in [0.25, 0.3) is 0 Å². The van der Waals surface area contributed by atoms with Gasteiger partial charge in [0.1, 0.15) is 17.5 Å². The van der Waals surface area contributed by atoms with Crippen LogP contribution < -0.4 is 19.1 Å². The minimum Gasteiger partial charge on any atom is -0.497 e. The predicted octanol–water partition coefficient (Wildman–Crippen LogP) is 3.76. The highest BCUT2D eigenvalue weighted by atomic mass is 32.2. The smallest absolute Gasteiger partial charge is 0.244 e. The molecule has 0 bridgehead atoms. The summed E-state index contributed by atoms with van der Waals surface area (Å²) in [6.07, 6.45) is 1.80. The van der Waals surface area contributed by atoms with Gasteiger partial charge in [-0.05, 0) is 49.1 Å². The van der Waals surface area contributed by atoms with Gasteiger partial charge in [-0.2, -0.15) is 0 Å². The first kappa shape index (κ1) is 24.5. The highest BCUT2D eigenvalue weighted by Crippen LogP contribution is 2.27. The zero-order valence-electron chi connectivity index (χ0n) is 19.0. The Morgan fingerprint density at radius 1 is 1.00 bits per heavy atom. The average molecular weight is 449 g/mol. The van der Waals surface area contributed by atoms with Gasteiger partial charge in [-0.3, -0.25) is 9.10 Å². The number of methoxy groups -OCH3 is 2. The molecule has 31 heavy (non-hydrogen) atoms. The second kappa shape index (κ2) is 10.5. The lowest BCUT2D eigenvalue weighted by Gasteiger charge is -2.30. The highest BCUT2D eigenvalue weighted by molar-refractivity contribution is 7.92. The molecule has 0 spiro atoms. The molecule has 0 heterocycles.